The largest absolute Gasteiger partial charge is 0.459 e. The number of hydrogen-bond acceptors (Lipinski definition) is 10. The topological polar surface area (TPSA) is 159 Å². The van der Waals surface area contributed by atoms with Gasteiger partial charge in [0.05, 0.1) is 22.3 Å². The third-order valence-electron chi connectivity index (χ3n) is 4.74. The van der Waals surface area contributed by atoms with Crippen molar-refractivity contribution < 1.29 is 33.5 Å². The first kappa shape index (κ1) is 23.8. The molecular weight excluding hydrogens is 452 g/mol. The van der Waals surface area contributed by atoms with Gasteiger partial charge >= 0.3 is 12.0 Å². The molecule has 2 heterocycles. The van der Waals surface area contributed by atoms with E-state index in [1.165, 1.54) is 24.3 Å². The summed E-state index contributed by atoms with van der Waals surface area (Å²) in [6, 6.07) is 4.10. The van der Waals surface area contributed by atoms with Gasteiger partial charge in [-0.1, -0.05) is 0 Å². The summed E-state index contributed by atoms with van der Waals surface area (Å²) in [4.78, 5) is 45.6. The monoisotopic (exact) mass is 472 g/mol. The maximum absolute atomic E-state index is 12.3. The summed E-state index contributed by atoms with van der Waals surface area (Å²) < 4.78 is 22.6. The molecule has 14 heteroatoms. The van der Waals surface area contributed by atoms with Crippen LogP contribution in [0.2, 0.25) is 0 Å². The summed E-state index contributed by atoms with van der Waals surface area (Å²) in [5, 5.41) is 16.4. The average Bonchev–Trinajstić information content (AvgIpc) is 3.23. The molecule has 32 heavy (non-hydrogen) atoms. The number of benzene rings is 1. The van der Waals surface area contributed by atoms with Gasteiger partial charge in [-0.05, 0) is 26.0 Å². The normalized spacial score (nSPS) is 25.6. The number of amides is 2. The van der Waals surface area contributed by atoms with Crippen molar-refractivity contribution in [2.45, 2.75) is 44.2 Å². The Hall–Kier alpha value is -2.87. The van der Waals surface area contributed by atoms with Crippen LogP contribution in [-0.2, 0) is 18.9 Å². The van der Waals surface area contributed by atoms with Crippen LogP contribution in [0.1, 0.15) is 24.2 Å². The number of nitrogens with zero attached hydrogens (tertiary/aromatic N) is 3. The Morgan fingerprint density at radius 1 is 1.28 bits per heavy atom. The number of nitro benzene ring substituents is 1. The number of carbonyl (C=O) groups excluding carboxylic acids is 2. The molecule has 13 nitrogen and oxygen atoms in total. The minimum atomic E-state index is -1.00. The lowest BCUT2D eigenvalue weighted by Gasteiger charge is -2.25. The van der Waals surface area contributed by atoms with Crippen LogP contribution in [0.3, 0.4) is 0 Å². The molecule has 2 amide bonds. The molecule has 1 aromatic rings. The second kappa shape index (κ2) is 9.73. The molecule has 0 radical (unpaired) electrons. The quantitative estimate of drug-likeness (QED) is 0.196. The second-order valence-electron chi connectivity index (χ2n) is 7.41. The third kappa shape index (κ3) is 5.30. The molecule has 0 bridgehead atoms. The average molecular weight is 473 g/mol. The van der Waals surface area contributed by atoms with Crippen LogP contribution >= 0.6 is 11.6 Å². The van der Waals surface area contributed by atoms with Crippen molar-refractivity contribution in [3.63, 3.8) is 0 Å². The third-order valence-corrected chi connectivity index (χ3v) is 4.91. The number of carbonyl (C=O) groups is 2. The zero-order chi connectivity index (χ0) is 23.5. The molecule has 2 aliphatic rings. The number of halogens is 1. The first-order valence-corrected chi connectivity index (χ1v) is 10.1. The number of urea groups is 1. The molecule has 174 valence electrons. The number of nitroso groups, excluding NO2 is 1. The number of fused-ring (bicyclic) bond motifs is 1. The van der Waals surface area contributed by atoms with Crippen molar-refractivity contribution in [2.75, 3.05) is 19.0 Å². The molecule has 1 aromatic carbocycles. The van der Waals surface area contributed by atoms with Gasteiger partial charge in [-0.2, -0.15) is 5.01 Å². The number of esters is 1. The lowest BCUT2D eigenvalue weighted by atomic mass is 10.1. The van der Waals surface area contributed by atoms with E-state index in [0.717, 1.165) is 0 Å². The zero-order valence-corrected chi connectivity index (χ0v) is 17.9. The Kier molecular flexibility index (Phi) is 7.23. The van der Waals surface area contributed by atoms with Crippen LogP contribution in [0.5, 0.6) is 0 Å². The Morgan fingerprint density at radius 2 is 1.94 bits per heavy atom. The molecule has 1 N–H and O–H groups in total. The minimum absolute atomic E-state index is 0.00456. The van der Waals surface area contributed by atoms with Gasteiger partial charge in [0.15, 0.2) is 12.0 Å². The molecule has 2 aliphatic heterocycles. The fraction of sp³-hybridized carbons (Fsp3) is 0.556. The SMILES string of the molecule is CC1(C)O[C@@H]2[C@H](O1)[C@@H](COC(=O)c1ccc([N+](=O)[O-])cc1)O[C@H]2NC(=O)N(CCCl)N=O. The molecule has 0 unspecified atom stereocenters. The highest BCUT2D eigenvalue weighted by Crippen LogP contribution is 2.38. The summed E-state index contributed by atoms with van der Waals surface area (Å²) >= 11 is 5.55. The number of ether oxygens (including phenoxy) is 4. The zero-order valence-electron chi connectivity index (χ0n) is 17.1. The van der Waals surface area contributed by atoms with Crippen molar-refractivity contribution in [3.05, 3.63) is 44.9 Å². The van der Waals surface area contributed by atoms with E-state index in [2.05, 4.69) is 10.6 Å². The summed E-state index contributed by atoms with van der Waals surface area (Å²) in [5.74, 6) is -1.70. The second-order valence-corrected chi connectivity index (χ2v) is 7.78. The summed E-state index contributed by atoms with van der Waals surface area (Å²) in [7, 11) is 0. The van der Waals surface area contributed by atoms with E-state index in [1.54, 1.807) is 13.8 Å². The number of hydrogen-bond donors (Lipinski definition) is 1. The van der Waals surface area contributed by atoms with Crippen LogP contribution in [0.25, 0.3) is 0 Å². The van der Waals surface area contributed by atoms with E-state index in [0.29, 0.717) is 5.01 Å². The van der Waals surface area contributed by atoms with Crippen molar-refractivity contribution in [1.29, 1.82) is 0 Å². The Bertz CT molecular complexity index is 882. The highest BCUT2D eigenvalue weighted by atomic mass is 35.5. The molecule has 0 spiro atoms. The molecular formula is C18H21ClN4O9. The van der Waals surface area contributed by atoms with E-state index >= 15 is 0 Å². The fourth-order valence-corrected chi connectivity index (χ4v) is 3.51. The van der Waals surface area contributed by atoms with Gasteiger partial charge in [0.1, 0.15) is 24.9 Å². The standard InChI is InChI=1S/C18H21ClN4O9/c1-18(2)31-13-12(9-29-16(24)10-3-5-11(6-4-10)23(27)28)30-15(14(13)32-18)20-17(25)22(21-26)8-7-19/h3-6,12-15H,7-9H2,1-2H3,(H,20,25)/t12-,13-,14-,15-/m1/s1. The van der Waals surface area contributed by atoms with E-state index in [-0.39, 0.29) is 30.3 Å². The van der Waals surface area contributed by atoms with E-state index < -0.39 is 47.3 Å². The predicted octanol–water partition coefficient (Wildman–Crippen LogP) is 1.93. The minimum Gasteiger partial charge on any atom is -0.459 e. The maximum Gasteiger partial charge on any atom is 0.342 e. The first-order valence-electron chi connectivity index (χ1n) is 9.55. The van der Waals surface area contributed by atoms with Crippen LogP contribution in [0.15, 0.2) is 29.6 Å². The van der Waals surface area contributed by atoms with Crippen LogP contribution in [0.4, 0.5) is 10.5 Å². The van der Waals surface area contributed by atoms with E-state index in [9.17, 15) is 24.6 Å². The lowest BCUT2D eigenvalue weighted by molar-refractivity contribution is -0.384. The van der Waals surface area contributed by atoms with Crippen LogP contribution < -0.4 is 5.32 Å². The molecule has 0 aromatic heterocycles. The summed E-state index contributed by atoms with van der Waals surface area (Å²) in [6.45, 7) is 3.02. The fourth-order valence-electron chi connectivity index (χ4n) is 3.35. The molecule has 2 saturated heterocycles. The van der Waals surface area contributed by atoms with Crippen molar-refractivity contribution in [1.82, 2.24) is 10.3 Å². The van der Waals surface area contributed by atoms with Gasteiger partial charge in [0.25, 0.3) is 5.69 Å². The van der Waals surface area contributed by atoms with E-state index in [4.69, 9.17) is 30.5 Å². The Balaban J connectivity index is 1.64. The van der Waals surface area contributed by atoms with Crippen molar-refractivity contribution in [3.8, 4) is 0 Å². The van der Waals surface area contributed by atoms with E-state index in [1.807, 2.05) is 0 Å². The van der Waals surface area contributed by atoms with Crippen molar-refractivity contribution in [2.24, 2.45) is 5.29 Å². The van der Waals surface area contributed by atoms with Crippen LogP contribution in [-0.4, -0.2) is 71.3 Å². The first-order chi connectivity index (χ1) is 15.1. The lowest BCUT2D eigenvalue weighted by Crippen LogP contribution is -2.48. The number of nitrogens with one attached hydrogen (secondary N) is 1. The molecule has 3 rings (SSSR count). The number of alkyl halides is 1. The summed E-state index contributed by atoms with van der Waals surface area (Å²) in [5.41, 5.74) is -0.0402. The smallest absolute Gasteiger partial charge is 0.342 e. The highest BCUT2D eigenvalue weighted by molar-refractivity contribution is 6.18. The Labute approximate surface area is 187 Å². The number of rotatable bonds is 8. The van der Waals surface area contributed by atoms with Crippen LogP contribution in [0, 0.1) is 15.0 Å². The molecule has 0 saturated carbocycles. The molecule has 0 aliphatic carbocycles. The van der Waals surface area contributed by atoms with Gasteiger partial charge in [-0.15, -0.1) is 16.5 Å². The maximum atomic E-state index is 12.3. The number of nitro groups is 1. The van der Waals surface area contributed by atoms with Gasteiger partial charge in [-0.25, -0.2) is 9.59 Å². The van der Waals surface area contributed by atoms with Gasteiger partial charge < -0.3 is 24.3 Å². The van der Waals surface area contributed by atoms with Gasteiger partial charge in [0.2, 0.25) is 0 Å². The molecule has 4 atom stereocenters. The van der Waals surface area contributed by atoms with Crippen molar-refractivity contribution >= 4 is 29.3 Å². The van der Waals surface area contributed by atoms with Gasteiger partial charge in [0, 0.05) is 18.0 Å². The Morgan fingerprint density at radius 3 is 2.53 bits per heavy atom. The number of non-ortho nitro benzene ring substituents is 1. The summed E-state index contributed by atoms with van der Waals surface area (Å²) in [6.07, 6.45) is -3.20. The molecule has 2 fully saturated rings. The highest BCUT2D eigenvalue weighted by Gasteiger charge is 2.56. The predicted molar refractivity (Wildman–Crippen MR) is 108 cm³/mol. The van der Waals surface area contributed by atoms with Gasteiger partial charge in [-0.3, -0.25) is 10.1 Å².